The van der Waals surface area contributed by atoms with Crippen molar-refractivity contribution in [2.75, 3.05) is 13.6 Å². The molecule has 5 heteroatoms. The van der Waals surface area contributed by atoms with E-state index < -0.39 is 0 Å². The first-order chi connectivity index (χ1) is 6.47. The summed E-state index contributed by atoms with van der Waals surface area (Å²) in [5.74, 6) is 4.82. The maximum absolute atomic E-state index is 11.0. The number of nitrogens with two attached hydrogens (primary N) is 1. The third kappa shape index (κ3) is 5.90. The molecule has 84 valence electrons. The molecule has 0 aliphatic rings. The maximum atomic E-state index is 11.0. The molecule has 0 spiro atoms. The molecule has 0 saturated heterocycles. The zero-order valence-corrected chi connectivity index (χ0v) is 9.16. The fraction of sp³-hybridized carbons (Fsp3) is 0.889. The molecule has 2 atom stereocenters. The Morgan fingerprint density at radius 1 is 1.57 bits per heavy atom. The van der Waals surface area contributed by atoms with E-state index in [0.717, 1.165) is 6.54 Å². The summed E-state index contributed by atoms with van der Waals surface area (Å²) in [6, 6.07) is 0.136. The van der Waals surface area contributed by atoms with E-state index in [9.17, 15) is 4.79 Å². The largest absolute Gasteiger partial charge is 0.393 e. The summed E-state index contributed by atoms with van der Waals surface area (Å²) in [5, 5.41) is 9.09. The van der Waals surface area contributed by atoms with E-state index >= 15 is 0 Å². The van der Waals surface area contributed by atoms with E-state index in [-0.39, 0.29) is 18.1 Å². The number of carbonyl (C=O) groups is 1. The van der Waals surface area contributed by atoms with Crippen molar-refractivity contribution in [1.82, 2.24) is 10.3 Å². The molecule has 0 aliphatic carbocycles. The Morgan fingerprint density at radius 3 is 2.57 bits per heavy atom. The molecule has 0 rings (SSSR count). The van der Waals surface area contributed by atoms with Gasteiger partial charge in [0.2, 0.25) is 5.91 Å². The number of aliphatic hydroxyl groups excluding tert-OH is 1. The van der Waals surface area contributed by atoms with E-state index in [0.29, 0.717) is 12.8 Å². The highest BCUT2D eigenvalue weighted by Gasteiger charge is 2.13. The summed E-state index contributed by atoms with van der Waals surface area (Å²) < 4.78 is 0. The molecule has 14 heavy (non-hydrogen) atoms. The molecule has 0 saturated carbocycles. The quantitative estimate of drug-likeness (QED) is 0.308. The Balaban J connectivity index is 3.75. The smallest absolute Gasteiger partial charge is 0.235 e. The van der Waals surface area contributed by atoms with Crippen molar-refractivity contribution in [3.05, 3.63) is 0 Å². The highest BCUT2D eigenvalue weighted by atomic mass is 16.3. The van der Waals surface area contributed by atoms with Gasteiger partial charge in [-0.15, -0.1) is 0 Å². The lowest BCUT2D eigenvalue weighted by atomic mass is 10.2. The summed E-state index contributed by atoms with van der Waals surface area (Å²) in [7, 11) is 1.93. The molecule has 0 aromatic carbocycles. The number of nitrogens with zero attached hydrogens (tertiary/aromatic N) is 1. The number of carbonyl (C=O) groups excluding carboxylic acids is 1. The van der Waals surface area contributed by atoms with Crippen molar-refractivity contribution in [2.45, 2.75) is 38.8 Å². The van der Waals surface area contributed by atoms with Crippen LogP contribution in [0.25, 0.3) is 0 Å². The van der Waals surface area contributed by atoms with Gasteiger partial charge >= 0.3 is 0 Å². The average molecular weight is 203 g/mol. The summed E-state index contributed by atoms with van der Waals surface area (Å²) in [6.07, 6.45) is 0.797. The van der Waals surface area contributed by atoms with E-state index in [1.54, 1.807) is 6.92 Å². The summed E-state index contributed by atoms with van der Waals surface area (Å²) in [4.78, 5) is 13.0. The van der Waals surface area contributed by atoms with Crippen LogP contribution in [0.15, 0.2) is 0 Å². The fourth-order valence-corrected chi connectivity index (χ4v) is 1.09. The van der Waals surface area contributed by atoms with Crippen LogP contribution in [-0.2, 0) is 4.79 Å². The van der Waals surface area contributed by atoms with Gasteiger partial charge < -0.3 is 10.0 Å². The second-order valence-electron chi connectivity index (χ2n) is 3.74. The Labute approximate surface area is 85.2 Å². The van der Waals surface area contributed by atoms with Gasteiger partial charge in [0.1, 0.15) is 0 Å². The monoisotopic (exact) mass is 203 g/mol. The molecular weight excluding hydrogens is 182 g/mol. The van der Waals surface area contributed by atoms with Crippen LogP contribution in [0, 0.1) is 0 Å². The number of hydrogen-bond acceptors (Lipinski definition) is 4. The third-order valence-corrected chi connectivity index (χ3v) is 2.29. The Hall–Kier alpha value is -0.650. The molecule has 5 nitrogen and oxygen atoms in total. The molecule has 4 N–H and O–H groups in total. The van der Waals surface area contributed by atoms with Gasteiger partial charge in [0.05, 0.1) is 6.10 Å². The summed E-state index contributed by atoms with van der Waals surface area (Å²) in [6.45, 7) is 4.49. The molecule has 1 amide bonds. The Bertz CT molecular complexity index is 173. The molecule has 0 fully saturated rings. The standard InChI is InChI=1S/C9H21N3O2/c1-7(6-9(14)11-10)12(3)5-4-8(2)13/h7-8,13H,4-6,10H2,1-3H3,(H,11,14). The van der Waals surface area contributed by atoms with Crippen LogP contribution in [0.1, 0.15) is 26.7 Å². The van der Waals surface area contributed by atoms with Crippen molar-refractivity contribution in [2.24, 2.45) is 5.84 Å². The number of hydrazine groups is 1. The molecule has 0 aromatic rings. The maximum Gasteiger partial charge on any atom is 0.235 e. The number of nitrogens with one attached hydrogen (secondary N) is 1. The van der Waals surface area contributed by atoms with Crippen molar-refractivity contribution in [1.29, 1.82) is 0 Å². The van der Waals surface area contributed by atoms with Crippen molar-refractivity contribution in [3.63, 3.8) is 0 Å². The van der Waals surface area contributed by atoms with Crippen molar-refractivity contribution in [3.8, 4) is 0 Å². The van der Waals surface area contributed by atoms with Crippen LogP contribution >= 0.6 is 0 Å². The zero-order chi connectivity index (χ0) is 11.1. The lowest BCUT2D eigenvalue weighted by Crippen LogP contribution is -2.38. The highest BCUT2D eigenvalue weighted by Crippen LogP contribution is 2.02. The van der Waals surface area contributed by atoms with Gasteiger partial charge in [-0.2, -0.15) is 0 Å². The topological polar surface area (TPSA) is 78.6 Å². The van der Waals surface area contributed by atoms with Gasteiger partial charge in [-0.3, -0.25) is 10.2 Å². The predicted molar refractivity (Wildman–Crippen MR) is 55.3 cm³/mol. The SMILES string of the molecule is CC(O)CCN(C)C(C)CC(=O)NN. The molecule has 0 bridgehead atoms. The molecule has 0 aromatic heterocycles. The minimum Gasteiger partial charge on any atom is -0.393 e. The molecular formula is C9H21N3O2. The molecule has 0 aliphatic heterocycles. The first-order valence-corrected chi connectivity index (χ1v) is 4.85. The van der Waals surface area contributed by atoms with Crippen LogP contribution in [0.2, 0.25) is 0 Å². The normalized spacial score (nSPS) is 15.3. The van der Waals surface area contributed by atoms with Gasteiger partial charge in [-0.1, -0.05) is 0 Å². The highest BCUT2D eigenvalue weighted by molar-refractivity contribution is 5.75. The van der Waals surface area contributed by atoms with Gasteiger partial charge in [0, 0.05) is 19.0 Å². The van der Waals surface area contributed by atoms with E-state index in [2.05, 4.69) is 5.43 Å². The predicted octanol–water partition coefficient (Wildman–Crippen LogP) is -0.542. The van der Waals surface area contributed by atoms with E-state index in [4.69, 9.17) is 10.9 Å². The van der Waals surface area contributed by atoms with Crippen LogP contribution in [-0.4, -0.2) is 41.7 Å². The molecule has 0 radical (unpaired) electrons. The number of hydrogen-bond donors (Lipinski definition) is 3. The first-order valence-electron chi connectivity index (χ1n) is 4.85. The van der Waals surface area contributed by atoms with E-state index in [1.807, 2.05) is 18.9 Å². The van der Waals surface area contributed by atoms with Crippen LogP contribution in [0.5, 0.6) is 0 Å². The zero-order valence-electron chi connectivity index (χ0n) is 9.16. The van der Waals surface area contributed by atoms with Gasteiger partial charge in [0.25, 0.3) is 0 Å². The second kappa shape index (κ2) is 6.75. The fourth-order valence-electron chi connectivity index (χ4n) is 1.09. The summed E-state index contributed by atoms with van der Waals surface area (Å²) in [5.41, 5.74) is 2.10. The Kier molecular flexibility index (Phi) is 6.44. The van der Waals surface area contributed by atoms with Crippen LogP contribution in [0.4, 0.5) is 0 Å². The van der Waals surface area contributed by atoms with Crippen LogP contribution < -0.4 is 11.3 Å². The number of rotatable bonds is 6. The lowest BCUT2D eigenvalue weighted by Gasteiger charge is -2.24. The lowest BCUT2D eigenvalue weighted by molar-refractivity contribution is -0.122. The molecule has 2 unspecified atom stereocenters. The van der Waals surface area contributed by atoms with Crippen molar-refractivity contribution >= 4 is 5.91 Å². The second-order valence-corrected chi connectivity index (χ2v) is 3.74. The molecule has 0 heterocycles. The van der Waals surface area contributed by atoms with Gasteiger partial charge in [0.15, 0.2) is 0 Å². The third-order valence-electron chi connectivity index (χ3n) is 2.29. The van der Waals surface area contributed by atoms with Gasteiger partial charge in [-0.25, -0.2) is 5.84 Å². The number of aliphatic hydroxyl groups is 1. The first kappa shape index (κ1) is 13.4. The van der Waals surface area contributed by atoms with Gasteiger partial charge in [-0.05, 0) is 27.3 Å². The van der Waals surface area contributed by atoms with Crippen LogP contribution in [0.3, 0.4) is 0 Å². The number of amides is 1. The summed E-state index contributed by atoms with van der Waals surface area (Å²) >= 11 is 0. The minimum atomic E-state index is -0.298. The minimum absolute atomic E-state index is 0.136. The Morgan fingerprint density at radius 2 is 2.14 bits per heavy atom. The van der Waals surface area contributed by atoms with E-state index in [1.165, 1.54) is 0 Å². The average Bonchev–Trinajstić information content (AvgIpc) is 2.13. The van der Waals surface area contributed by atoms with Crippen molar-refractivity contribution < 1.29 is 9.90 Å².